The molecule has 13 heteroatoms. The molecule has 12 nitrogen and oxygen atoms in total. The van der Waals surface area contributed by atoms with Crippen LogP contribution in [0.25, 0.3) is 0 Å². The van der Waals surface area contributed by atoms with Gasteiger partial charge < -0.3 is 29.2 Å². The maximum Gasteiger partial charge on any atom is 0.410 e. The maximum atomic E-state index is 14.3. The van der Waals surface area contributed by atoms with Gasteiger partial charge in [0.2, 0.25) is 11.8 Å². The summed E-state index contributed by atoms with van der Waals surface area (Å²) in [5.74, 6) is -1.28. The molecule has 4 amide bonds. The van der Waals surface area contributed by atoms with Crippen LogP contribution in [0.15, 0.2) is 36.8 Å². The Bertz CT molecular complexity index is 1480. The molecule has 1 N–H and O–H groups in total. The zero-order chi connectivity index (χ0) is 36.8. The lowest BCUT2D eigenvalue weighted by Crippen LogP contribution is -2.59. The molecule has 0 aliphatic carbocycles. The number of aromatic nitrogens is 2. The minimum Gasteiger partial charge on any atom is -0.444 e. The predicted octanol–water partition coefficient (Wildman–Crippen LogP) is 4.84. The zero-order valence-corrected chi connectivity index (χ0v) is 30.9. The lowest BCUT2D eigenvalue weighted by molar-refractivity contribution is -0.141. The van der Waals surface area contributed by atoms with Gasteiger partial charge in [0, 0.05) is 58.2 Å². The Kier molecular flexibility index (Phi) is 12.7. The molecule has 0 bridgehead atoms. The highest BCUT2D eigenvalue weighted by atomic mass is 19.1. The van der Waals surface area contributed by atoms with Gasteiger partial charge in [0.25, 0.3) is 5.91 Å². The number of hydrogen-bond donors (Lipinski definition) is 1. The molecule has 3 heterocycles. The number of imidazole rings is 1. The van der Waals surface area contributed by atoms with E-state index in [0.717, 1.165) is 24.8 Å². The Morgan fingerprint density at radius 3 is 2.34 bits per heavy atom. The molecule has 2 aliphatic heterocycles. The van der Waals surface area contributed by atoms with Crippen LogP contribution < -0.4 is 5.32 Å². The van der Waals surface area contributed by atoms with Gasteiger partial charge in [-0.05, 0) is 82.9 Å². The van der Waals surface area contributed by atoms with Crippen molar-refractivity contribution >= 4 is 23.8 Å². The summed E-state index contributed by atoms with van der Waals surface area (Å²) >= 11 is 0. The fraction of sp³-hybridized carbons (Fsp3) is 0.649. The highest BCUT2D eigenvalue weighted by Crippen LogP contribution is 2.27. The summed E-state index contributed by atoms with van der Waals surface area (Å²) in [4.78, 5) is 63.7. The largest absolute Gasteiger partial charge is 0.444 e. The van der Waals surface area contributed by atoms with Crippen LogP contribution in [0.3, 0.4) is 0 Å². The SMILES string of the molecule is CC(C(=O)NC(C(=O)N1CCCC1CN(CCc1ccc(F)cc1)C(=O)c1cn(C2CCOCC2)cn1)C(C)(C)C)N(C)C(=O)OC(C)(C)C. The van der Waals surface area contributed by atoms with E-state index in [4.69, 9.17) is 9.47 Å². The van der Waals surface area contributed by atoms with Crippen LogP contribution in [0, 0.1) is 11.2 Å². The normalized spacial score (nSPS) is 18.3. The molecule has 2 fully saturated rings. The first-order chi connectivity index (χ1) is 23.4. The molecule has 3 atom stereocenters. The van der Waals surface area contributed by atoms with Crippen molar-refractivity contribution in [2.24, 2.45) is 5.41 Å². The van der Waals surface area contributed by atoms with Crippen molar-refractivity contribution in [2.75, 3.05) is 39.9 Å². The average molecular weight is 699 g/mol. The molecule has 2 aliphatic rings. The van der Waals surface area contributed by atoms with Crippen molar-refractivity contribution in [3.63, 3.8) is 0 Å². The number of amides is 4. The highest BCUT2D eigenvalue weighted by molar-refractivity contribution is 5.93. The first kappa shape index (κ1) is 38.8. The van der Waals surface area contributed by atoms with Crippen molar-refractivity contribution in [1.82, 2.24) is 29.6 Å². The van der Waals surface area contributed by atoms with Crippen LogP contribution in [-0.2, 0) is 25.5 Å². The molecule has 3 unspecified atom stereocenters. The smallest absolute Gasteiger partial charge is 0.410 e. The van der Waals surface area contributed by atoms with E-state index in [0.29, 0.717) is 44.8 Å². The molecular weight excluding hydrogens is 643 g/mol. The van der Waals surface area contributed by atoms with Crippen molar-refractivity contribution in [3.05, 3.63) is 53.9 Å². The van der Waals surface area contributed by atoms with Gasteiger partial charge in [-0.2, -0.15) is 0 Å². The summed E-state index contributed by atoms with van der Waals surface area (Å²) in [5.41, 5.74) is -0.166. The second-order valence-corrected chi connectivity index (χ2v) is 15.6. The summed E-state index contributed by atoms with van der Waals surface area (Å²) in [5, 5.41) is 2.93. The minimum atomic E-state index is -0.891. The van der Waals surface area contributed by atoms with E-state index in [1.807, 2.05) is 25.3 Å². The van der Waals surface area contributed by atoms with Crippen LogP contribution >= 0.6 is 0 Å². The Hall–Kier alpha value is -4.00. The second-order valence-electron chi connectivity index (χ2n) is 15.6. The fourth-order valence-corrected chi connectivity index (χ4v) is 6.30. The van der Waals surface area contributed by atoms with Gasteiger partial charge >= 0.3 is 6.09 Å². The van der Waals surface area contributed by atoms with E-state index in [-0.39, 0.29) is 36.3 Å². The number of benzene rings is 1. The van der Waals surface area contributed by atoms with Crippen molar-refractivity contribution in [3.8, 4) is 0 Å². The lowest BCUT2D eigenvalue weighted by atomic mass is 9.85. The summed E-state index contributed by atoms with van der Waals surface area (Å²) in [6, 6.07) is 4.37. The number of ether oxygens (including phenoxy) is 2. The average Bonchev–Trinajstić information content (AvgIpc) is 3.74. The third kappa shape index (κ3) is 10.3. The summed E-state index contributed by atoms with van der Waals surface area (Å²) in [6.45, 7) is 14.9. The topological polar surface area (TPSA) is 126 Å². The molecule has 276 valence electrons. The van der Waals surface area contributed by atoms with Gasteiger partial charge in [-0.25, -0.2) is 14.2 Å². The third-order valence-corrected chi connectivity index (χ3v) is 9.44. The molecule has 1 aromatic carbocycles. The van der Waals surface area contributed by atoms with Gasteiger partial charge in [0.15, 0.2) is 0 Å². The summed E-state index contributed by atoms with van der Waals surface area (Å²) in [7, 11) is 1.49. The van der Waals surface area contributed by atoms with Crippen LogP contribution in [-0.4, -0.2) is 112 Å². The number of carbonyl (C=O) groups excluding carboxylic acids is 4. The number of carbonyl (C=O) groups is 4. The molecule has 2 saturated heterocycles. The van der Waals surface area contributed by atoms with Crippen molar-refractivity contribution < 1.29 is 33.0 Å². The fourth-order valence-electron chi connectivity index (χ4n) is 6.30. The third-order valence-electron chi connectivity index (χ3n) is 9.44. The molecule has 0 spiro atoms. The Labute approximate surface area is 295 Å². The quantitative estimate of drug-likeness (QED) is 0.356. The Morgan fingerprint density at radius 2 is 1.72 bits per heavy atom. The minimum absolute atomic E-state index is 0.213. The summed E-state index contributed by atoms with van der Waals surface area (Å²) < 4.78 is 26.5. The predicted molar refractivity (Wildman–Crippen MR) is 187 cm³/mol. The van der Waals surface area contributed by atoms with Gasteiger partial charge in [-0.3, -0.25) is 19.3 Å². The molecule has 1 aromatic heterocycles. The lowest BCUT2D eigenvalue weighted by Gasteiger charge is -2.38. The highest BCUT2D eigenvalue weighted by Gasteiger charge is 2.41. The Balaban J connectivity index is 1.51. The molecule has 0 saturated carbocycles. The van der Waals surface area contributed by atoms with E-state index < -0.39 is 35.1 Å². The van der Waals surface area contributed by atoms with Gasteiger partial charge in [0.1, 0.15) is 29.2 Å². The first-order valence-corrected chi connectivity index (χ1v) is 17.7. The van der Waals surface area contributed by atoms with E-state index in [1.165, 1.54) is 24.1 Å². The maximum absolute atomic E-state index is 14.3. The van der Waals surface area contributed by atoms with Gasteiger partial charge in [0.05, 0.1) is 6.33 Å². The molecule has 50 heavy (non-hydrogen) atoms. The Morgan fingerprint density at radius 1 is 1.06 bits per heavy atom. The summed E-state index contributed by atoms with van der Waals surface area (Å²) in [6.07, 6.45) is 6.48. The van der Waals surface area contributed by atoms with E-state index in [2.05, 4.69) is 10.3 Å². The van der Waals surface area contributed by atoms with Gasteiger partial charge in [-0.15, -0.1) is 0 Å². The molecule has 4 rings (SSSR count). The van der Waals surface area contributed by atoms with Crippen LogP contribution in [0.5, 0.6) is 0 Å². The van der Waals surface area contributed by atoms with E-state index in [1.54, 1.807) is 62.2 Å². The van der Waals surface area contributed by atoms with Crippen molar-refractivity contribution in [1.29, 1.82) is 0 Å². The standard InChI is InChI=1S/C37H55FN6O6/c1-25(41(8)35(48)50-37(5,6)7)32(45)40-31(36(2,3)4)34(47)44-18-9-10-29(44)22-42(19-15-26-11-13-27(38)14-12-26)33(46)30-23-43(24-39-30)28-16-20-49-21-17-28/h11-14,23-25,28-29,31H,9-10,15-22H2,1-8H3,(H,40,45). The van der Waals surface area contributed by atoms with E-state index in [9.17, 15) is 23.6 Å². The van der Waals surface area contributed by atoms with Crippen LogP contribution in [0.2, 0.25) is 0 Å². The zero-order valence-electron chi connectivity index (χ0n) is 30.9. The number of hydrogen-bond acceptors (Lipinski definition) is 7. The number of likely N-dealkylation sites (tertiary alicyclic amines) is 1. The van der Waals surface area contributed by atoms with Crippen molar-refractivity contribution in [2.45, 2.75) is 110 Å². The molecule has 2 aromatic rings. The van der Waals surface area contributed by atoms with Crippen LogP contribution in [0.1, 0.15) is 96.2 Å². The molecule has 0 radical (unpaired) electrons. The second kappa shape index (κ2) is 16.3. The number of nitrogens with one attached hydrogen (secondary N) is 1. The number of halogens is 1. The number of nitrogens with zero attached hydrogens (tertiary/aromatic N) is 5. The first-order valence-electron chi connectivity index (χ1n) is 17.7. The monoisotopic (exact) mass is 698 g/mol. The van der Waals surface area contributed by atoms with E-state index >= 15 is 0 Å². The number of likely N-dealkylation sites (N-methyl/N-ethyl adjacent to an activating group) is 1. The van der Waals surface area contributed by atoms with Crippen LogP contribution in [0.4, 0.5) is 9.18 Å². The van der Waals surface area contributed by atoms with Gasteiger partial charge in [-0.1, -0.05) is 32.9 Å². The number of rotatable bonds is 11. The molecular formula is C37H55FN6O6.